The minimum atomic E-state index is -0.986. The number of hydrogen-bond donors (Lipinski definition) is 3. The Bertz CT molecular complexity index is 380. The molecule has 0 aliphatic carbocycles. The molecule has 0 amide bonds. The summed E-state index contributed by atoms with van der Waals surface area (Å²) in [5, 5.41) is 15.5. The number of carboxylic acids is 1. The van der Waals surface area contributed by atoms with Crippen LogP contribution < -0.4 is 5.73 Å². The largest absolute Gasteiger partial charge is 0.478 e. The average Bonchev–Trinajstić information content (AvgIpc) is 2.15. The SMILES string of the molecule is N=C(N)c1ccc(/C=C/C(=O)O)cc1. The Morgan fingerprint density at radius 2 is 1.93 bits per heavy atom. The zero-order chi connectivity index (χ0) is 10.6. The van der Waals surface area contributed by atoms with Gasteiger partial charge in [0.05, 0.1) is 0 Å². The maximum atomic E-state index is 10.2. The molecule has 0 fully saturated rings. The van der Waals surface area contributed by atoms with E-state index in [9.17, 15) is 4.79 Å². The lowest BCUT2D eigenvalue weighted by atomic mass is 10.1. The van der Waals surface area contributed by atoms with Crippen LogP contribution in [0.2, 0.25) is 0 Å². The van der Waals surface area contributed by atoms with Gasteiger partial charge in [-0.2, -0.15) is 0 Å². The Balaban J connectivity index is 2.83. The number of carboxylic acid groups (broad SMARTS) is 1. The fourth-order valence-electron chi connectivity index (χ4n) is 0.941. The van der Waals surface area contributed by atoms with Gasteiger partial charge in [0.2, 0.25) is 0 Å². The molecule has 4 heteroatoms. The number of benzene rings is 1. The number of nitrogen functional groups attached to an aromatic ring is 1. The lowest BCUT2D eigenvalue weighted by Crippen LogP contribution is -2.10. The van der Waals surface area contributed by atoms with Gasteiger partial charge < -0.3 is 10.8 Å². The molecule has 0 aliphatic heterocycles. The molecule has 1 aromatic carbocycles. The molecule has 0 bridgehead atoms. The molecule has 0 spiro atoms. The van der Waals surface area contributed by atoms with Gasteiger partial charge in [0, 0.05) is 11.6 Å². The molecule has 0 aliphatic rings. The quantitative estimate of drug-likeness (QED) is 0.378. The van der Waals surface area contributed by atoms with E-state index in [4.69, 9.17) is 16.2 Å². The molecule has 4 N–H and O–H groups in total. The van der Waals surface area contributed by atoms with Crippen molar-refractivity contribution in [1.29, 1.82) is 5.41 Å². The molecule has 4 nitrogen and oxygen atoms in total. The first-order valence-corrected chi connectivity index (χ1v) is 3.95. The van der Waals surface area contributed by atoms with Gasteiger partial charge in [-0.05, 0) is 11.6 Å². The summed E-state index contributed by atoms with van der Waals surface area (Å²) in [6, 6.07) is 6.75. The third-order valence-electron chi connectivity index (χ3n) is 1.64. The summed E-state index contributed by atoms with van der Waals surface area (Å²) in [4.78, 5) is 10.2. The highest BCUT2D eigenvalue weighted by Crippen LogP contribution is 2.05. The van der Waals surface area contributed by atoms with Gasteiger partial charge >= 0.3 is 5.97 Å². The molecule has 0 unspecified atom stereocenters. The van der Waals surface area contributed by atoms with E-state index in [1.165, 1.54) is 6.08 Å². The van der Waals surface area contributed by atoms with Gasteiger partial charge in [0.15, 0.2) is 0 Å². The molecule has 0 aromatic heterocycles. The Morgan fingerprint density at radius 3 is 2.36 bits per heavy atom. The average molecular weight is 190 g/mol. The lowest BCUT2D eigenvalue weighted by Gasteiger charge is -1.97. The van der Waals surface area contributed by atoms with E-state index in [1.54, 1.807) is 24.3 Å². The highest BCUT2D eigenvalue weighted by atomic mass is 16.4. The predicted molar refractivity (Wildman–Crippen MR) is 54.1 cm³/mol. The molecule has 14 heavy (non-hydrogen) atoms. The molecule has 0 saturated carbocycles. The number of aliphatic carboxylic acids is 1. The van der Waals surface area contributed by atoms with E-state index in [-0.39, 0.29) is 5.84 Å². The Labute approximate surface area is 81.2 Å². The van der Waals surface area contributed by atoms with Crippen molar-refractivity contribution in [2.45, 2.75) is 0 Å². The van der Waals surface area contributed by atoms with Crippen LogP contribution in [-0.2, 0) is 4.79 Å². The van der Waals surface area contributed by atoms with Crippen molar-refractivity contribution in [1.82, 2.24) is 0 Å². The molecular weight excluding hydrogens is 180 g/mol. The van der Waals surface area contributed by atoms with Crippen molar-refractivity contribution in [3.05, 3.63) is 41.5 Å². The maximum absolute atomic E-state index is 10.2. The summed E-state index contributed by atoms with van der Waals surface area (Å²) in [5.41, 5.74) is 6.64. The van der Waals surface area contributed by atoms with Crippen LogP contribution in [0.1, 0.15) is 11.1 Å². The Kier molecular flexibility index (Phi) is 3.01. The lowest BCUT2D eigenvalue weighted by molar-refractivity contribution is -0.131. The Hall–Kier alpha value is -2.10. The summed E-state index contributed by atoms with van der Waals surface area (Å²) in [6.07, 6.45) is 2.54. The normalized spacial score (nSPS) is 10.3. The molecule has 0 radical (unpaired) electrons. The second kappa shape index (κ2) is 4.23. The van der Waals surface area contributed by atoms with Crippen LogP contribution in [0, 0.1) is 5.41 Å². The van der Waals surface area contributed by atoms with Gasteiger partial charge in [-0.3, -0.25) is 5.41 Å². The van der Waals surface area contributed by atoms with Crippen LogP contribution in [-0.4, -0.2) is 16.9 Å². The second-order valence-corrected chi connectivity index (χ2v) is 2.71. The number of nitrogens with two attached hydrogens (primary N) is 1. The minimum absolute atomic E-state index is 0.00114. The molecule has 1 aromatic rings. The van der Waals surface area contributed by atoms with E-state index < -0.39 is 5.97 Å². The summed E-state index contributed by atoms with van der Waals surface area (Å²) < 4.78 is 0. The maximum Gasteiger partial charge on any atom is 0.328 e. The fourth-order valence-corrected chi connectivity index (χ4v) is 0.941. The molecule has 0 saturated heterocycles. The van der Waals surface area contributed by atoms with Crippen LogP contribution in [0.15, 0.2) is 30.3 Å². The number of nitrogens with one attached hydrogen (secondary N) is 1. The third-order valence-corrected chi connectivity index (χ3v) is 1.64. The standard InChI is InChI=1S/C10H10N2O2/c11-10(12)8-4-1-7(2-5-8)3-6-9(13)14/h1-6H,(H3,11,12)(H,13,14)/b6-3+. The van der Waals surface area contributed by atoms with Crippen LogP contribution in [0.4, 0.5) is 0 Å². The van der Waals surface area contributed by atoms with Crippen LogP contribution >= 0.6 is 0 Å². The predicted octanol–water partition coefficient (Wildman–Crippen LogP) is 1.07. The number of amidine groups is 1. The summed E-state index contributed by atoms with van der Waals surface area (Å²) >= 11 is 0. The first kappa shape index (κ1) is 9.98. The number of rotatable bonds is 3. The van der Waals surface area contributed by atoms with Crippen molar-refractivity contribution in [3.63, 3.8) is 0 Å². The number of hydrogen-bond acceptors (Lipinski definition) is 2. The first-order chi connectivity index (χ1) is 6.59. The van der Waals surface area contributed by atoms with Crippen LogP contribution in [0.25, 0.3) is 6.08 Å². The van der Waals surface area contributed by atoms with Crippen molar-refractivity contribution in [2.75, 3.05) is 0 Å². The number of carbonyl (C=O) groups is 1. The van der Waals surface area contributed by atoms with Crippen molar-refractivity contribution in [3.8, 4) is 0 Å². The molecule has 1 rings (SSSR count). The molecular formula is C10H10N2O2. The van der Waals surface area contributed by atoms with E-state index in [1.807, 2.05) is 0 Å². The van der Waals surface area contributed by atoms with Crippen molar-refractivity contribution < 1.29 is 9.90 Å². The van der Waals surface area contributed by atoms with E-state index in [0.717, 1.165) is 11.6 Å². The third kappa shape index (κ3) is 2.75. The van der Waals surface area contributed by atoms with Crippen molar-refractivity contribution >= 4 is 17.9 Å². The smallest absolute Gasteiger partial charge is 0.328 e. The summed E-state index contributed by atoms with van der Waals surface area (Å²) in [5.74, 6) is -0.987. The zero-order valence-corrected chi connectivity index (χ0v) is 7.40. The van der Waals surface area contributed by atoms with Gasteiger partial charge in [-0.25, -0.2) is 4.79 Å². The summed E-state index contributed by atoms with van der Waals surface area (Å²) in [6.45, 7) is 0. The molecule has 0 heterocycles. The highest BCUT2D eigenvalue weighted by molar-refractivity contribution is 5.95. The van der Waals surface area contributed by atoms with E-state index >= 15 is 0 Å². The molecule has 72 valence electrons. The zero-order valence-electron chi connectivity index (χ0n) is 7.40. The topological polar surface area (TPSA) is 87.2 Å². The molecule has 0 atom stereocenters. The van der Waals surface area contributed by atoms with Crippen LogP contribution in [0.3, 0.4) is 0 Å². The van der Waals surface area contributed by atoms with E-state index in [0.29, 0.717) is 5.56 Å². The second-order valence-electron chi connectivity index (χ2n) is 2.71. The van der Waals surface area contributed by atoms with Gasteiger partial charge in [-0.1, -0.05) is 24.3 Å². The van der Waals surface area contributed by atoms with Crippen LogP contribution in [0.5, 0.6) is 0 Å². The summed E-state index contributed by atoms with van der Waals surface area (Å²) in [7, 11) is 0. The van der Waals surface area contributed by atoms with Gasteiger partial charge in [-0.15, -0.1) is 0 Å². The van der Waals surface area contributed by atoms with E-state index in [2.05, 4.69) is 0 Å². The highest BCUT2D eigenvalue weighted by Gasteiger charge is 1.94. The van der Waals surface area contributed by atoms with Crippen molar-refractivity contribution in [2.24, 2.45) is 5.73 Å². The van der Waals surface area contributed by atoms with Gasteiger partial charge in [0.1, 0.15) is 5.84 Å². The first-order valence-electron chi connectivity index (χ1n) is 3.95. The minimum Gasteiger partial charge on any atom is -0.478 e. The Morgan fingerprint density at radius 1 is 1.36 bits per heavy atom. The monoisotopic (exact) mass is 190 g/mol. The van der Waals surface area contributed by atoms with Gasteiger partial charge in [0.25, 0.3) is 0 Å². The fraction of sp³-hybridized carbons (Fsp3) is 0.